The molecule has 7 atom stereocenters. The first-order chi connectivity index (χ1) is 19.3. The highest BCUT2D eigenvalue weighted by molar-refractivity contribution is 5.90. The predicted molar refractivity (Wildman–Crippen MR) is 141 cm³/mol. The molecule has 5 aliphatic rings. The highest BCUT2D eigenvalue weighted by atomic mass is 16.6. The Kier molecular flexibility index (Phi) is 10.5. The van der Waals surface area contributed by atoms with Crippen LogP contribution < -0.4 is 0 Å². The lowest BCUT2D eigenvalue weighted by atomic mass is 9.79. The Balaban J connectivity index is 0.000000174. The molecule has 0 radical (unpaired) electrons. The molecule has 12 heteroatoms. The second-order valence-corrected chi connectivity index (χ2v) is 10.4. The summed E-state index contributed by atoms with van der Waals surface area (Å²) >= 11 is 0. The molecule has 0 aromatic rings. The molecule has 5 rings (SSSR count). The van der Waals surface area contributed by atoms with Crippen molar-refractivity contribution < 1.29 is 57.1 Å². The van der Waals surface area contributed by atoms with E-state index in [9.17, 15) is 24.0 Å². The number of ether oxygens (including phenoxy) is 7. The van der Waals surface area contributed by atoms with E-state index in [2.05, 4.69) is 35.8 Å². The molecule has 0 amide bonds. The number of esters is 5. The normalized spacial score (nSPS) is 30.2. The van der Waals surface area contributed by atoms with Crippen LogP contribution in [0, 0.1) is 11.8 Å². The lowest BCUT2D eigenvalue weighted by molar-refractivity contribution is -0.157. The van der Waals surface area contributed by atoms with Gasteiger partial charge >= 0.3 is 29.8 Å². The molecular weight excluding hydrogens is 540 g/mol. The Morgan fingerprint density at radius 1 is 0.829 bits per heavy atom. The van der Waals surface area contributed by atoms with Crippen molar-refractivity contribution in [2.24, 2.45) is 11.8 Å². The summed E-state index contributed by atoms with van der Waals surface area (Å²) in [5.74, 6) is -0.786. The molecule has 224 valence electrons. The van der Waals surface area contributed by atoms with Gasteiger partial charge in [-0.2, -0.15) is 0 Å². The molecule has 0 aromatic heterocycles. The molecule has 41 heavy (non-hydrogen) atoms. The van der Waals surface area contributed by atoms with Crippen LogP contribution in [0.15, 0.2) is 48.8 Å². The predicted octanol–water partition coefficient (Wildman–Crippen LogP) is 2.26. The van der Waals surface area contributed by atoms with Gasteiger partial charge in [0.15, 0.2) is 0 Å². The molecular formula is C29H36O12. The maximum atomic E-state index is 11.5. The molecule has 7 unspecified atom stereocenters. The van der Waals surface area contributed by atoms with Crippen LogP contribution in [0.25, 0.3) is 0 Å². The van der Waals surface area contributed by atoms with Gasteiger partial charge in [-0.25, -0.2) is 19.2 Å². The highest BCUT2D eigenvalue weighted by Crippen LogP contribution is 2.51. The Labute approximate surface area is 238 Å². The van der Waals surface area contributed by atoms with Crippen LogP contribution in [0.3, 0.4) is 0 Å². The van der Waals surface area contributed by atoms with E-state index < -0.39 is 30.1 Å². The number of fused-ring (bicyclic) bond motifs is 5. The van der Waals surface area contributed by atoms with Gasteiger partial charge in [0.1, 0.15) is 24.9 Å². The number of rotatable bonds is 6. The number of cyclic esters (lactones) is 2. The smallest absolute Gasteiger partial charge is 0.347 e. The first-order valence-electron chi connectivity index (χ1n) is 13.2. The quantitative estimate of drug-likeness (QED) is 0.259. The zero-order valence-corrected chi connectivity index (χ0v) is 23.5. The number of carbonyl (C=O) groups is 5. The van der Waals surface area contributed by atoms with Crippen LogP contribution in [-0.4, -0.2) is 80.2 Å². The molecule has 0 aliphatic carbocycles. The van der Waals surface area contributed by atoms with Gasteiger partial charge in [0, 0.05) is 35.5 Å². The van der Waals surface area contributed by atoms with Crippen molar-refractivity contribution in [1.29, 1.82) is 0 Å². The van der Waals surface area contributed by atoms with Crippen LogP contribution in [0.2, 0.25) is 0 Å². The average Bonchev–Trinajstić information content (AvgIpc) is 3.72. The minimum absolute atomic E-state index is 0.0803. The van der Waals surface area contributed by atoms with E-state index >= 15 is 0 Å². The number of hydrogen-bond donors (Lipinski definition) is 0. The summed E-state index contributed by atoms with van der Waals surface area (Å²) in [6.07, 6.45) is 0.0912. The monoisotopic (exact) mass is 576 g/mol. The SMILES string of the molecule is C=C(C)C(=O)OC1CC2OC1C1C(=C)OCC21.C=C(C)C(=O)OC1CCOC1=O.C=C(C)C(=O)OC1COC(=O)C1. The van der Waals surface area contributed by atoms with Gasteiger partial charge < -0.3 is 33.2 Å². The van der Waals surface area contributed by atoms with Crippen molar-refractivity contribution >= 4 is 29.8 Å². The minimum atomic E-state index is -0.728. The van der Waals surface area contributed by atoms with Crippen molar-refractivity contribution in [3.63, 3.8) is 0 Å². The second-order valence-electron chi connectivity index (χ2n) is 10.4. The fourth-order valence-corrected chi connectivity index (χ4v) is 4.69. The Bertz CT molecular complexity index is 1140. The van der Waals surface area contributed by atoms with Crippen molar-refractivity contribution in [3.05, 3.63) is 48.8 Å². The third-order valence-electron chi connectivity index (χ3n) is 6.83. The highest BCUT2D eigenvalue weighted by Gasteiger charge is 2.59. The van der Waals surface area contributed by atoms with Crippen LogP contribution in [-0.2, 0) is 57.1 Å². The lowest BCUT2D eigenvalue weighted by Crippen LogP contribution is -2.38. The largest absolute Gasteiger partial charge is 0.498 e. The van der Waals surface area contributed by atoms with Gasteiger partial charge in [0.25, 0.3) is 0 Å². The van der Waals surface area contributed by atoms with Crippen LogP contribution >= 0.6 is 0 Å². The van der Waals surface area contributed by atoms with Gasteiger partial charge in [-0.05, 0) is 20.8 Å². The fraction of sp³-hybridized carbons (Fsp3) is 0.552. The molecule has 2 bridgehead atoms. The fourth-order valence-electron chi connectivity index (χ4n) is 4.69. The standard InChI is InChI=1S/C13H16O4.2C8H10O4/c1-6(2)13(14)17-10-4-9-8-5-15-7(3)11(8)12(10)16-9;1-5(2)8(10)12-6-3-7(9)11-4-6;1-5(2)7(9)12-6-3-4-11-8(6)10/h8-12H,1,3-5H2,2H3;2*6H,1,3-4H2,2H3. The first-order valence-corrected chi connectivity index (χ1v) is 13.2. The van der Waals surface area contributed by atoms with E-state index in [4.69, 9.17) is 23.7 Å². The number of hydrogen-bond acceptors (Lipinski definition) is 12. The van der Waals surface area contributed by atoms with Crippen molar-refractivity contribution in [3.8, 4) is 0 Å². The molecule has 5 saturated heterocycles. The topological polar surface area (TPSA) is 150 Å². The summed E-state index contributed by atoms with van der Waals surface area (Å²) in [6.45, 7) is 20.2. The molecule has 0 saturated carbocycles. The van der Waals surface area contributed by atoms with Crippen LogP contribution in [0.4, 0.5) is 0 Å². The molecule has 5 fully saturated rings. The second kappa shape index (κ2) is 13.6. The van der Waals surface area contributed by atoms with E-state index in [0.29, 0.717) is 36.7 Å². The zero-order valence-electron chi connectivity index (χ0n) is 23.5. The Morgan fingerprint density at radius 3 is 1.98 bits per heavy atom. The number of carbonyl (C=O) groups excluding carboxylic acids is 5. The van der Waals surface area contributed by atoms with Gasteiger partial charge in [-0.15, -0.1) is 0 Å². The summed E-state index contributed by atoms with van der Waals surface area (Å²) in [5, 5.41) is 0. The minimum Gasteiger partial charge on any atom is -0.498 e. The van der Waals surface area contributed by atoms with Crippen molar-refractivity contribution in [2.45, 2.75) is 70.6 Å². The van der Waals surface area contributed by atoms with Crippen LogP contribution in [0.1, 0.15) is 40.0 Å². The summed E-state index contributed by atoms with van der Waals surface area (Å²) < 4.78 is 35.6. The van der Waals surface area contributed by atoms with Crippen molar-refractivity contribution in [2.75, 3.05) is 19.8 Å². The van der Waals surface area contributed by atoms with E-state index in [1.165, 1.54) is 6.92 Å². The molecule has 0 N–H and O–H groups in total. The summed E-state index contributed by atoms with van der Waals surface area (Å²) in [6, 6.07) is 0. The molecule has 0 spiro atoms. The molecule has 0 aromatic carbocycles. The summed E-state index contributed by atoms with van der Waals surface area (Å²) in [5.41, 5.74) is 1.04. The van der Waals surface area contributed by atoms with E-state index in [-0.39, 0.29) is 54.8 Å². The van der Waals surface area contributed by atoms with Gasteiger partial charge in [-0.3, -0.25) is 4.79 Å². The third-order valence-corrected chi connectivity index (χ3v) is 6.83. The molecule has 5 heterocycles. The summed E-state index contributed by atoms with van der Waals surface area (Å²) in [4.78, 5) is 54.7. The Morgan fingerprint density at radius 2 is 1.44 bits per heavy atom. The maximum Gasteiger partial charge on any atom is 0.347 e. The average molecular weight is 577 g/mol. The summed E-state index contributed by atoms with van der Waals surface area (Å²) in [7, 11) is 0. The zero-order chi connectivity index (χ0) is 30.4. The Hall–Kier alpha value is -3.93. The maximum absolute atomic E-state index is 11.5. The van der Waals surface area contributed by atoms with Gasteiger partial charge in [0.2, 0.25) is 6.10 Å². The molecule has 12 nitrogen and oxygen atoms in total. The van der Waals surface area contributed by atoms with E-state index in [1.54, 1.807) is 13.8 Å². The van der Waals surface area contributed by atoms with E-state index in [0.717, 1.165) is 12.2 Å². The van der Waals surface area contributed by atoms with Gasteiger partial charge in [0.05, 0.1) is 37.4 Å². The van der Waals surface area contributed by atoms with Gasteiger partial charge in [-0.1, -0.05) is 26.3 Å². The van der Waals surface area contributed by atoms with Crippen molar-refractivity contribution in [1.82, 2.24) is 0 Å². The first kappa shape index (κ1) is 31.6. The third kappa shape index (κ3) is 8.06. The van der Waals surface area contributed by atoms with E-state index in [1.807, 2.05) is 0 Å². The van der Waals surface area contributed by atoms with Crippen LogP contribution in [0.5, 0.6) is 0 Å². The lowest BCUT2D eigenvalue weighted by Gasteiger charge is -2.26. The molecule has 5 aliphatic heterocycles.